The Morgan fingerprint density at radius 2 is 2.00 bits per heavy atom. The van der Waals surface area contributed by atoms with Gasteiger partial charge in [0.2, 0.25) is 0 Å². The van der Waals surface area contributed by atoms with E-state index in [9.17, 15) is 4.79 Å². The summed E-state index contributed by atoms with van der Waals surface area (Å²) in [5.41, 5.74) is 0.431. The summed E-state index contributed by atoms with van der Waals surface area (Å²) in [6, 6.07) is 1.02. The molecule has 0 bridgehead atoms. The highest BCUT2D eigenvalue weighted by atomic mass is 16.2. The maximum atomic E-state index is 12.2. The number of piperidine rings is 2. The third-order valence-electron chi connectivity index (χ3n) is 5.83. The van der Waals surface area contributed by atoms with Crippen molar-refractivity contribution in [2.24, 2.45) is 5.92 Å². The van der Waals surface area contributed by atoms with E-state index >= 15 is 0 Å². The zero-order chi connectivity index (χ0) is 19.2. The fourth-order valence-corrected chi connectivity index (χ4v) is 4.30. The summed E-state index contributed by atoms with van der Waals surface area (Å²) in [7, 11) is 0. The van der Waals surface area contributed by atoms with Gasteiger partial charge >= 0.3 is 0 Å². The fraction of sp³-hybridized carbons (Fsp3) is 0.850. The lowest BCUT2D eigenvalue weighted by atomic mass is 9.98. The lowest BCUT2D eigenvalue weighted by molar-refractivity contribution is 0.0708. The van der Waals surface area contributed by atoms with Gasteiger partial charge in [0.15, 0.2) is 5.69 Å². The average molecular weight is 377 g/mol. The second kappa shape index (κ2) is 9.64. The van der Waals surface area contributed by atoms with Crippen LogP contribution in [-0.2, 0) is 0 Å². The third kappa shape index (κ3) is 5.51. The number of hydrogen-bond donors (Lipinski definition) is 1. The Labute approximate surface area is 163 Å². The second-order valence-corrected chi connectivity index (χ2v) is 8.55. The van der Waals surface area contributed by atoms with Gasteiger partial charge in [-0.05, 0) is 64.2 Å². The fourth-order valence-electron chi connectivity index (χ4n) is 4.30. The number of carbonyl (C=O) groups excluding carboxylic acids is 1. The van der Waals surface area contributed by atoms with Crippen molar-refractivity contribution < 1.29 is 4.79 Å². The van der Waals surface area contributed by atoms with Gasteiger partial charge in [0, 0.05) is 19.1 Å². The third-order valence-corrected chi connectivity index (χ3v) is 5.83. The van der Waals surface area contributed by atoms with Crippen molar-refractivity contribution >= 4 is 5.91 Å². The van der Waals surface area contributed by atoms with Crippen LogP contribution in [0.5, 0.6) is 0 Å². The molecule has 27 heavy (non-hydrogen) atoms. The van der Waals surface area contributed by atoms with E-state index in [2.05, 4.69) is 46.2 Å². The van der Waals surface area contributed by atoms with Crippen LogP contribution in [0.25, 0.3) is 0 Å². The zero-order valence-electron chi connectivity index (χ0n) is 17.2. The Kier molecular flexibility index (Phi) is 7.24. The number of hydrogen-bond acceptors (Lipinski definition) is 5. The molecule has 1 N–H and O–H groups in total. The quantitative estimate of drug-likeness (QED) is 0.790. The molecule has 2 fully saturated rings. The maximum absolute atomic E-state index is 12.2. The van der Waals surface area contributed by atoms with Gasteiger partial charge in [0.05, 0.1) is 12.2 Å². The van der Waals surface area contributed by atoms with Crippen LogP contribution in [0.1, 0.15) is 69.4 Å². The molecule has 0 spiro atoms. The van der Waals surface area contributed by atoms with Crippen molar-refractivity contribution in [3.05, 3.63) is 11.9 Å². The summed E-state index contributed by atoms with van der Waals surface area (Å²) in [4.78, 5) is 17.4. The van der Waals surface area contributed by atoms with Gasteiger partial charge in [0.1, 0.15) is 0 Å². The highest BCUT2D eigenvalue weighted by Crippen LogP contribution is 2.26. The van der Waals surface area contributed by atoms with Crippen molar-refractivity contribution in [1.82, 2.24) is 30.1 Å². The van der Waals surface area contributed by atoms with E-state index in [1.165, 1.54) is 51.9 Å². The number of carbonyl (C=O) groups is 1. The number of nitrogens with zero attached hydrogens (tertiary/aromatic N) is 5. The molecule has 3 heterocycles. The first-order chi connectivity index (χ1) is 13.1. The van der Waals surface area contributed by atoms with Crippen LogP contribution in [0.4, 0.5) is 0 Å². The SMILES string of the molecule is CCCN1CCC(N2CCC[C@@H](n3cc(C(=O)NCC(C)C)nn3)C2)CC1. The van der Waals surface area contributed by atoms with Gasteiger partial charge in [-0.3, -0.25) is 9.69 Å². The van der Waals surface area contributed by atoms with Crippen molar-refractivity contribution in [3.63, 3.8) is 0 Å². The summed E-state index contributed by atoms with van der Waals surface area (Å²) in [5.74, 6) is 0.311. The highest BCUT2D eigenvalue weighted by Gasteiger charge is 2.30. The van der Waals surface area contributed by atoms with Crippen LogP contribution < -0.4 is 5.32 Å². The van der Waals surface area contributed by atoms with Gasteiger partial charge in [0.25, 0.3) is 5.91 Å². The summed E-state index contributed by atoms with van der Waals surface area (Å²) < 4.78 is 1.92. The van der Waals surface area contributed by atoms with Crippen LogP contribution in [0, 0.1) is 5.92 Å². The van der Waals surface area contributed by atoms with E-state index in [0.29, 0.717) is 30.2 Å². The number of likely N-dealkylation sites (tertiary alicyclic amines) is 2. The smallest absolute Gasteiger partial charge is 0.273 e. The maximum Gasteiger partial charge on any atom is 0.273 e. The minimum Gasteiger partial charge on any atom is -0.350 e. The van der Waals surface area contributed by atoms with Crippen molar-refractivity contribution in [1.29, 1.82) is 0 Å². The highest BCUT2D eigenvalue weighted by molar-refractivity contribution is 5.91. The van der Waals surface area contributed by atoms with Crippen LogP contribution in [-0.4, -0.2) is 76.0 Å². The number of amides is 1. The van der Waals surface area contributed by atoms with Gasteiger partial charge in [-0.1, -0.05) is 26.0 Å². The minimum absolute atomic E-state index is 0.120. The molecule has 3 rings (SSSR count). The molecule has 1 atom stereocenters. The van der Waals surface area contributed by atoms with E-state index in [-0.39, 0.29) is 5.91 Å². The van der Waals surface area contributed by atoms with E-state index in [0.717, 1.165) is 13.0 Å². The molecule has 7 nitrogen and oxygen atoms in total. The Bertz CT molecular complexity index is 593. The van der Waals surface area contributed by atoms with Gasteiger partial charge < -0.3 is 10.2 Å². The molecule has 0 aromatic carbocycles. The molecule has 1 aromatic rings. The summed E-state index contributed by atoms with van der Waals surface area (Å²) >= 11 is 0. The molecular weight excluding hydrogens is 340 g/mol. The molecule has 2 aliphatic heterocycles. The van der Waals surface area contributed by atoms with Crippen molar-refractivity contribution in [2.75, 3.05) is 39.3 Å². The number of nitrogens with one attached hydrogen (secondary N) is 1. The van der Waals surface area contributed by atoms with Gasteiger partial charge in [-0.25, -0.2) is 4.68 Å². The lowest BCUT2D eigenvalue weighted by Gasteiger charge is -2.42. The van der Waals surface area contributed by atoms with E-state index in [4.69, 9.17) is 0 Å². The summed E-state index contributed by atoms with van der Waals surface area (Å²) in [6.45, 7) is 13.0. The van der Waals surface area contributed by atoms with Crippen LogP contribution >= 0.6 is 0 Å². The summed E-state index contributed by atoms with van der Waals surface area (Å²) in [6.07, 6.45) is 7.92. The molecular formula is C20H36N6O. The van der Waals surface area contributed by atoms with E-state index < -0.39 is 0 Å². The molecule has 152 valence electrons. The molecule has 0 aliphatic carbocycles. The Morgan fingerprint density at radius 3 is 2.70 bits per heavy atom. The zero-order valence-corrected chi connectivity index (χ0v) is 17.2. The van der Waals surface area contributed by atoms with Gasteiger partial charge in [-0.2, -0.15) is 0 Å². The molecule has 7 heteroatoms. The Hall–Kier alpha value is -1.47. The molecule has 0 radical (unpaired) electrons. The average Bonchev–Trinajstić information content (AvgIpc) is 3.17. The van der Waals surface area contributed by atoms with E-state index in [1.807, 2.05) is 10.9 Å². The normalized spacial score (nSPS) is 23.0. The predicted octanol–water partition coefficient (Wildman–Crippen LogP) is 2.18. The predicted molar refractivity (Wildman–Crippen MR) is 107 cm³/mol. The standard InChI is InChI=1S/C20H36N6O/c1-4-9-24-11-7-17(8-12-24)25-10-5-6-18(14-25)26-15-19(22-23-26)20(27)21-13-16(2)3/h15-18H,4-14H2,1-3H3,(H,21,27)/t18-/m1/s1. The summed E-state index contributed by atoms with van der Waals surface area (Å²) in [5, 5.41) is 11.3. The first-order valence-electron chi connectivity index (χ1n) is 10.7. The van der Waals surface area contributed by atoms with Crippen LogP contribution in [0.15, 0.2) is 6.20 Å². The largest absolute Gasteiger partial charge is 0.350 e. The Morgan fingerprint density at radius 1 is 1.22 bits per heavy atom. The van der Waals surface area contributed by atoms with E-state index in [1.54, 1.807) is 0 Å². The lowest BCUT2D eigenvalue weighted by Crippen LogP contribution is -2.48. The van der Waals surface area contributed by atoms with Gasteiger partial charge in [-0.15, -0.1) is 5.10 Å². The molecule has 1 amide bonds. The molecule has 0 unspecified atom stereocenters. The molecule has 2 saturated heterocycles. The first kappa shape index (κ1) is 20.3. The van der Waals surface area contributed by atoms with Crippen LogP contribution in [0.3, 0.4) is 0 Å². The second-order valence-electron chi connectivity index (χ2n) is 8.55. The first-order valence-corrected chi connectivity index (χ1v) is 10.7. The topological polar surface area (TPSA) is 66.3 Å². The molecule has 2 aliphatic rings. The van der Waals surface area contributed by atoms with Crippen molar-refractivity contribution in [2.45, 2.75) is 65.0 Å². The minimum atomic E-state index is -0.120. The molecule has 0 saturated carbocycles. The van der Waals surface area contributed by atoms with Crippen LogP contribution in [0.2, 0.25) is 0 Å². The monoisotopic (exact) mass is 376 g/mol. The molecule has 1 aromatic heterocycles. The Balaban J connectivity index is 1.53. The number of rotatable bonds is 7. The number of aromatic nitrogens is 3. The van der Waals surface area contributed by atoms with Crippen molar-refractivity contribution in [3.8, 4) is 0 Å².